The fourth-order valence-corrected chi connectivity index (χ4v) is 5.90. The first-order valence-corrected chi connectivity index (χ1v) is 12.0. The molecule has 33 heavy (non-hydrogen) atoms. The molecule has 0 saturated heterocycles. The van der Waals surface area contributed by atoms with E-state index in [4.69, 9.17) is 5.11 Å². The molecule has 1 aromatic carbocycles. The minimum absolute atomic E-state index is 0.0978. The predicted octanol–water partition coefficient (Wildman–Crippen LogP) is 3.44. The van der Waals surface area contributed by atoms with E-state index in [9.17, 15) is 14.4 Å². The maximum atomic E-state index is 13.2. The molecule has 0 radical (unpaired) electrons. The zero-order valence-corrected chi connectivity index (χ0v) is 20.8. The van der Waals surface area contributed by atoms with E-state index in [0.29, 0.717) is 30.7 Å². The third-order valence-electron chi connectivity index (χ3n) is 6.82. The zero-order valence-electron chi connectivity index (χ0n) is 19.3. The van der Waals surface area contributed by atoms with Crippen LogP contribution in [0.5, 0.6) is 0 Å². The monoisotopic (exact) mass is 516 g/mol. The number of carbonyl (C=O) groups is 3. The predicted molar refractivity (Wildman–Crippen MR) is 130 cm³/mol. The summed E-state index contributed by atoms with van der Waals surface area (Å²) in [5.74, 6) is -0.428. The molecule has 1 aromatic heterocycles. The topological polar surface area (TPSA) is 94.9 Å². The number of rotatable bonds is 5. The summed E-state index contributed by atoms with van der Waals surface area (Å²) in [7, 11) is 2.04. The van der Waals surface area contributed by atoms with Gasteiger partial charge in [0.05, 0.1) is 16.0 Å². The van der Waals surface area contributed by atoms with Gasteiger partial charge in [-0.2, -0.15) is 0 Å². The van der Waals surface area contributed by atoms with E-state index >= 15 is 0 Å². The molecule has 1 aliphatic heterocycles. The Morgan fingerprint density at radius 2 is 1.97 bits per heavy atom. The Morgan fingerprint density at radius 1 is 1.27 bits per heavy atom. The highest BCUT2D eigenvalue weighted by Crippen LogP contribution is 2.45. The molecule has 0 saturated carbocycles. The number of hydrogen-bond acceptors (Lipinski definition) is 4. The normalized spacial score (nSPS) is 20.7. The highest BCUT2D eigenvalue weighted by molar-refractivity contribution is 9.10. The van der Waals surface area contributed by atoms with E-state index in [2.05, 4.69) is 32.2 Å². The number of aromatic nitrogens is 1. The Balaban J connectivity index is 1.84. The van der Waals surface area contributed by atoms with Crippen molar-refractivity contribution in [3.8, 4) is 0 Å². The largest absolute Gasteiger partial charge is 0.465 e. The van der Waals surface area contributed by atoms with E-state index in [1.54, 1.807) is 4.57 Å². The Morgan fingerprint density at radius 3 is 2.61 bits per heavy atom. The third kappa shape index (κ3) is 3.87. The zero-order chi connectivity index (χ0) is 24.0. The van der Waals surface area contributed by atoms with Gasteiger partial charge in [-0.15, -0.1) is 0 Å². The van der Waals surface area contributed by atoms with Crippen LogP contribution in [-0.4, -0.2) is 76.1 Å². The van der Waals surface area contributed by atoms with Crippen LogP contribution in [0.15, 0.2) is 28.9 Å². The number of nitrogens with one attached hydrogen (secondary N) is 1. The lowest BCUT2D eigenvalue weighted by atomic mass is 9.79. The summed E-state index contributed by atoms with van der Waals surface area (Å²) in [5.41, 5.74) is 3.89. The van der Waals surface area contributed by atoms with Gasteiger partial charge in [0.1, 0.15) is 6.04 Å². The van der Waals surface area contributed by atoms with E-state index in [1.165, 1.54) is 6.92 Å². The van der Waals surface area contributed by atoms with Crippen LogP contribution in [0.4, 0.5) is 4.79 Å². The molecule has 0 spiro atoms. The second-order valence-electron chi connectivity index (χ2n) is 8.71. The highest BCUT2D eigenvalue weighted by atomic mass is 79.9. The summed E-state index contributed by atoms with van der Waals surface area (Å²) >= 11 is 3.64. The highest BCUT2D eigenvalue weighted by Gasteiger charge is 2.38. The van der Waals surface area contributed by atoms with E-state index < -0.39 is 12.1 Å². The van der Waals surface area contributed by atoms with E-state index in [1.807, 2.05) is 44.0 Å². The summed E-state index contributed by atoms with van der Waals surface area (Å²) in [6, 6.07) is 5.03. The fraction of sp³-hybridized carbons (Fsp3) is 0.458. The van der Waals surface area contributed by atoms with Gasteiger partial charge in [0.2, 0.25) is 5.91 Å². The molecule has 2 aromatic rings. The lowest BCUT2D eigenvalue weighted by Gasteiger charge is -2.40. The molecule has 2 aliphatic rings. The number of halogens is 1. The lowest BCUT2D eigenvalue weighted by molar-refractivity contribution is -0.134. The molecule has 8 nitrogen and oxygen atoms in total. The van der Waals surface area contributed by atoms with Gasteiger partial charge in [-0.25, -0.2) is 4.79 Å². The van der Waals surface area contributed by atoms with Crippen molar-refractivity contribution in [2.45, 2.75) is 39.3 Å². The number of amides is 2. The van der Waals surface area contributed by atoms with Crippen molar-refractivity contribution in [1.82, 2.24) is 19.7 Å². The number of fused-ring (bicyclic) bond motifs is 2. The molecule has 0 bridgehead atoms. The third-order valence-corrected chi connectivity index (χ3v) is 7.65. The van der Waals surface area contributed by atoms with Crippen LogP contribution in [0.1, 0.15) is 36.7 Å². The first kappa shape index (κ1) is 23.5. The Bertz CT molecular complexity index is 1170. The first-order valence-electron chi connectivity index (χ1n) is 11.3. The SMILES string of the molecule is CCN(CC)C(=O)[C@@H]1C=C2c3cccc4c3c(c(Br)n4C(=O)[C@@H](C)NC(=O)O)C[C@H]2N(C)C1. The molecule has 4 rings (SSSR count). The maximum absolute atomic E-state index is 13.2. The molecular formula is C24H29BrN4O4. The average Bonchev–Trinajstić information content (AvgIpc) is 3.06. The summed E-state index contributed by atoms with van der Waals surface area (Å²) in [4.78, 5) is 41.5. The van der Waals surface area contributed by atoms with Gasteiger partial charge in [-0.1, -0.05) is 18.2 Å². The van der Waals surface area contributed by atoms with Crippen LogP contribution in [0, 0.1) is 5.92 Å². The molecule has 2 N–H and O–H groups in total. The average molecular weight is 517 g/mol. The van der Waals surface area contributed by atoms with Crippen LogP contribution in [0.3, 0.4) is 0 Å². The fourth-order valence-electron chi connectivity index (χ4n) is 5.17. The Labute approximate surface area is 201 Å². The molecular weight excluding hydrogens is 488 g/mol. The van der Waals surface area contributed by atoms with Crippen molar-refractivity contribution in [1.29, 1.82) is 0 Å². The second kappa shape index (κ2) is 8.95. The Kier molecular flexibility index (Phi) is 6.37. The van der Waals surface area contributed by atoms with Crippen molar-refractivity contribution in [2.24, 2.45) is 5.92 Å². The van der Waals surface area contributed by atoms with Crippen molar-refractivity contribution in [3.63, 3.8) is 0 Å². The van der Waals surface area contributed by atoms with Gasteiger partial charge in [-0.3, -0.25) is 19.1 Å². The standard InChI is InChI=1S/C24H29BrN4O4/c1-5-28(6-2)23(31)14-10-16-15-8-7-9-18-20(15)17(11-19(16)27(4)12-14)21(25)29(18)22(30)13(3)26-24(32)33/h7-10,13-14,19,26H,5-6,11-12H2,1-4H3,(H,32,33)/t13-,14-,19-/m1/s1. The molecule has 0 fully saturated rings. The van der Waals surface area contributed by atoms with Gasteiger partial charge in [-0.05, 0) is 72.9 Å². The minimum Gasteiger partial charge on any atom is -0.465 e. The first-order chi connectivity index (χ1) is 15.7. The van der Waals surface area contributed by atoms with Crippen LogP contribution < -0.4 is 5.32 Å². The maximum Gasteiger partial charge on any atom is 0.405 e. The van der Waals surface area contributed by atoms with Crippen molar-refractivity contribution < 1.29 is 19.5 Å². The van der Waals surface area contributed by atoms with Gasteiger partial charge in [0, 0.05) is 31.1 Å². The van der Waals surface area contributed by atoms with Crippen molar-refractivity contribution >= 4 is 50.3 Å². The smallest absolute Gasteiger partial charge is 0.405 e. The number of likely N-dealkylation sites (N-methyl/N-ethyl adjacent to an activating group) is 1. The number of benzene rings is 1. The molecule has 3 atom stereocenters. The molecule has 1 aliphatic carbocycles. The number of carboxylic acid groups (broad SMARTS) is 1. The molecule has 9 heteroatoms. The van der Waals surface area contributed by atoms with Crippen LogP contribution in [-0.2, 0) is 11.2 Å². The second-order valence-corrected chi connectivity index (χ2v) is 9.46. The van der Waals surface area contributed by atoms with Crippen molar-refractivity contribution in [3.05, 3.63) is 40.0 Å². The number of hydrogen-bond donors (Lipinski definition) is 2. The summed E-state index contributed by atoms with van der Waals surface area (Å²) in [5, 5.41) is 12.3. The van der Waals surface area contributed by atoms with Gasteiger partial charge >= 0.3 is 6.09 Å². The number of nitrogens with zero attached hydrogens (tertiary/aromatic N) is 3. The molecule has 2 heterocycles. The lowest BCUT2D eigenvalue weighted by Crippen LogP contribution is -2.47. The quantitative estimate of drug-likeness (QED) is 0.634. The molecule has 176 valence electrons. The van der Waals surface area contributed by atoms with Crippen LogP contribution in [0.2, 0.25) is 0 Å². The van der Waals surface area contributed by atoms with Gasteiger partial charge < -0.3 is 15.3 Å². The van der Waals surface area contributed by atoms with E-state index in [0.717, 1.165) is 27.6 Å². The van der Waals surface area contributed by atoms with Crippen LogP contribution >= 0.6 is 15.9 Å². The molecule has 0 unspecified atom stereocenters. The van der Waals surface area contributed by atoms with E-state index in [-0.39, 0.29) is 23.8 Å². The van der Waals surface area contributed by atoms with Gasteiger partial charge in [0.25, 0.3) is 5.91 Å². The minimum atomic E-state index is -1.24. The summed E-state index contributed by atoms with van der Waals surface area (Å²) in [6.45, 7) is 7.54. The summed E-state index contributed by atoms with van der Waals surface area (Å²) < 4.78 is 2.22. The Hall–Kier alpha value is -2.65. The summed E-state index contributed by atoms with van der Waals surface area (Å²) in [6.07, 6.45) is 1.57. The molecule has 2 amide bonds. The number of carbonyl (C=O) groups excluding carboxylic acids is 2. The van der Waals surface area contributed by atoms with Crippen LogP contribution in [0.25, 0.3) is 16.5 Å². The van der Waals surface area contributed by atoms with Gasteiger partial charge in [0.15, 0.2) is 0 Å². The van der Waals surface area contributed by atoms with Crippen molar-refractivity contribution in [2.75, 3.05) is 26.7 Å².